The van der Waals surface area contributed by atoms with Gasteiger partial charge >= 0.3 is 0 Å². The quantitative estimate of drug-likeness (QED) is 0.638. The smallest absolute Gasteiger partial charge is 0.257 e. The minimum atomic E-state index is -1.54. The Morgan fingerprint density at radius 1 is 0.810 bits per heavy atom. The lowest BCUT2D eigenvalue weighted by atomic mass is 9.52. The summed E-state index contributed by atoms with van der Waals surface area (Å²) < 4.78 is 23.2. The maximum atomic E-state index is 9.62. The minimum absolute atomic E-state index is 0.278. The number of hydrogen-bond acceptors (Lipinski definition) is 6. The average molecular weight is 296 g/mol. The molecule has 0 aliphatic heterocycles. The third-order valence-electron chi connectivity index (χ3n) is 3.96. The Morgan fingerprint density at radius 3 is 1.48 bits per heavy atom. The number of nitriles is 2. The Labute approximate surface area is 126 Å². The average Bonchev–Trinajstić information content (AvgIpc) is 2.48. The van der Waals surface area contributed by atoms with Gasteiger partial charge in [-0.15, -0.1) is 0 Å². The number of nitrogens with zero attached hydrogens (tertiary/aromatic N) is 2. The molecule has 0 unspecified atom stereocenters. The summed E-state index contributed by atoms with van der Waals surface area (Å²) in [4.78, 5) is 0. The third kappa shape index (κ3) is 2.06. The van der Waals surface area contributed by atoms with Crippen LogP contribution in [0.2, 0.25) is 0 Å². The monoisotopic (exact) mass is 296 g/mol. The highest BCUT2D eigenvalue weighted by atomic mass is 16.8. The van der Waals surface area contributed by atoms with Crippen molar-refractivity contribution in [1.82, 2.24) is 0 Å². The Hall–Kier alpha value is -1.18. The van der Waals surface area contributed by atoms with Crippen LogP contribution in [0.25, 0.3) is 0 Å². The number of ether oxygens (including phenoxy) is 4. The largest absolute Gasteiger partial charge is 0.345 e. The maximum Gasteiger partial charge on any atom is 0.257 e. The first-order valence-electron chi connectivity index (χ1n) is 7.40. The highest BCUT2D eigenvalue weighted by molar-refractivity contribution is 5.36. The molecule has 1 aliphatic carbocycles. The third-order valence-corrected chi connectivity index (χ3v) is 3.96. The van der Waals surface area contributed by atoms with Crippen molar-refractivity contribution in [3.05, 3.63) is 0 Å². The lowest BCUT2D eigenvalue weighted by Crippen LogP contribution is -2.84. The molecule has 1 saturated carbocycles. The van der Waals surface area contributed by atoms with Crippen LogP contribution < -0.4 is 0 Å². The predicted molar refractivity (Wildman–Crippen MR) is 74.8 cm³/mol. The predicted octanol–water partition coefficient (Wildman–Crippen LogP) is 2.21. The van der Waals surface area contributed by atoms with E-state index < -0.39 is 22.9 Å². The van der Waals surface area contributed by atoms with E-state index in [9.17, 15) is 10.5 Å². The molecule has 0 saturated heterocycles. The molecule has 0 heterocycles. The van der Waals surface area contributed by atoms with Crippen molar-refractivity contribution in [3.8, 4) is 12.1 Å². The van der Waals surface area contributed by atoms with E-state index in [0.717, 1.165) is 0 Å². The number of rotatable bonds is 8. The molecular formula is C15H24N2O4. The topological polar surface area (TPSA) is 84.5 Å². The van der Waals surface area contributed by atoms with Gasteiger partial charge in [0.1, 0.15) is 0 Å². The van der Waals surface area contributed by atoms with Gasteiger partial charge in [0.05, 0.1) is 18.1 Å². The molecule has 21 heavy (non-hydrogen) atoms. The normalized spacial score (nSPS) is 24.6. The molecular weight excluding hydrogens is 272 g/mol. The van der Waals surface area contributed by atoms with Crippen LogP contribution in [0.15, 0.2) is 0 Å². The van der Waals surface area contributed by atoms with Crippen LogP contribution in [0.1, 0.15) is 34.6 Å². The zero-order chi connectivity index (χ0) is 16.1. The van der Waals surface area contributed by atoms with Crippen LogP contribution >= 0.6 is 0 Å². The summed E-state index contributed by atoms with van der Waals surface area (Å²) >= 11 is 0. The van der Waals surface area contributed by atoms with Crippen LogP contribution in [0.4, 0.5) is 0 Å². The zero-order valence-electron chi connectivity index (χ0n) is 13.4. The van der Waals surface area contributed by atoms with Gasteiger partial charge in [0.15, 0.2) is 0 Å². The van der Waals surface area contributed by atoms with Crippen molar-refractivity contribution in [2.75, 3.05) is 26.4 Å². The van der Waals surface area contributed by atoms with Crippen LogP contribution in [0.5, 0.6) is 0 Å². The molecule has 1 fully saturated rings. The zero-order valence-corrected chi connectivity index (χ0v) is 13.4. The van der Waals surface area contributed by atoms with Gasteiger partial charge in [0, 0.05) is 26.4 Å². The molecule has 0 spiro atoms. The van der Waals surface area contributed by atoms with E-state index in [4.69, 9.17) is 18.9 Å². The molecule has 0 amide bonds. The summed E-state index contributed by atoms with van der Waals surface area (Å²) in [5, 5.41) is 19.2. The Bertz CT molecular complexity index is 412. The van der Waals surface area contributed by atoms with Crippen molar-refractivity contribution in [2.45, 2.75) is 46.2 Å². The van der Waals surface area contributed by atoms with Gasteiger partial charge in [-0.05, 0) is 27.7 Å². The molecule has 6 heteroatoms. The molecule has 1 atom stereocenters. The molecule has 1 aliphatic rings. The van der Waals surface area contributed by atoms with Gasteiger partial charge in [-0.25, -0.2) is 0 Å². The van der Waals surface area contributed by atoms with Crippen LogP contribution in [0.3, 0.4) is 0 Å². The lowest BCUT2D eigenvalue weighted by Gasteiger charge is -2.65. The Morgan fingerprint density at radius 2 is 1.19 bits per heavy atom. The summed E-state index contributed by atoms with van der Waals surface area (Å²) in [5.74, 6) is -3.30. The molecule has 0 N–H and O–H groups in total. The van der Waals surface area contributed by atoms with E-state index in [-0.39, 0.29) is 13.2 Å². The van der Waals surface area contributed by atoms with Crippen molar-refractivity contribution < 1.29 is 18.9 Å². The fourth-order valence-corrected chi connectivity index (χ4v) is 3.21. The standard InChI is InChI=1S/C15H24N2O4/c1-6-18-14(19-7-2)12(5)13(10-16,11-17)15(14,20-8-3)21-9-4/h12H,6-9H2,1-5H3/t12-/m0/s1. The first-order chi connectivity index (χ1) is 10.0. The lowest BCUT2D eigenvalue weighted by molar-refractivity contribution is -0.510. The molecule has 6 nitrogen and oxygen atoms in total. The maximum absolute atomic E-state index is 9.62. The van der Waals surface area contributed by atoms with Crippen molar-refractivity contribution in [3.63, 3.8) is 0 Å². The van der Waals surface area contributed by atoms with Gasteiger partial charge in [0.25, 0.3) is 5.79 Å². The second-order valence-electron chi connectivity index (χ2n) is 4.77. The SMILES string of the molecule is CCOC1(OCC)[C@@H](C)C(C#N)(C#N)C1(OCC)OCC. The molecule has 1 rings (SSSR count). The van der Waals surface area contributed by atoms with E-state index in [1.165, 1.54) is 0 Å². The van der Waals surface area contributed by atoms with Gasteiger partial charge in [0.2, 0.25) is 11.2 Å². The van der Waals surface area contributed by atoms with E-state index in [2.05, 4.69) is 12.1 Å². The van der Waals surface area contributed by atoms with Crippen molar-refractivity contribution in [1.29, 1.82) is 10.5 Å². The fourth-order valence-electron chi connectivity index (χ4n) is 3.21. The molecule has 0 aromatic rings. The molecule has 0 aromatic heterocycles. The summed E-state index contributed by atoms with van der Waals surface area (Å²) in [6.45, 7) is 10.3. The van der Waals surface area contributed by atoms with Crippen LogP contribution in [-0.4, -0.2) is 38.0 Å². The number of hydrogen-bond donors (Lipinski definition) is 0. The fraction of sp³-hybridized carbons (Fsp3) is 0.867. The van der Waals surface area contributed by atoms with Crippen molar-refractivity contribution in [2.24, 2.45) is 11.3 Å². The molecule has 0 bridgehead atoms. The van der Waals surface area contributed by atoms with Gasteiger partial charge in [-0.1, -0.05) is 6.92 Å². The second kappa shape index (κ2) is 6.72. The van der Waals surface area contributed by atoms with E-state index in [1.807, 2.05) is 13.8 Å². The van der Waals surface area contributed by atoms with Crippen LogP contribution in [0, 0.1) is 34.0 Å². The minimum Gasteiger partial charge on any atom is -0.345 e. The van der Waals surface area contributed by atoms with E-state index >= 15 is 0 Å². The van der Waals surface area contributed by atoms with E-state index in [1.54, 1.807) is 20.8 Å². The molecule has 118 valence electrons. The van der Waals surface area contributed by atoms with Gasteiger partial charge in [-0.3, -0.25) is 0 Å². The Balaban J connectivity index is 3.48. The first kappa shape index (κ1) is 17.9. The Kier molecular flexibility index (Phi) is 5.72. The van der Waals surface area contributed by atoms with Crippen molar-refractivity contribution >= 4 is 0 Å². The first-order valence-corrected chi connectivity index (χ1v) is 7.40. The van der Waals surface area contributed by atoms with Gasteiger partial charge < -0.3 is 18.9 Å². The summed E-state index contributed by atoms with van der Waals surface area (Å²) in [7, 11) is 0. The molecule has 0 aromatic carbocycles. The van der Waals surface area contributed by atoms with Gasteiger partial charge in [-0.2, -0.15) is 10.5 Å². The summed E-state index contributed by atoms with van der Waals surface area (Å²) in [6.07, 6.45) is 0. The summed E-state index contributed by atoms with van der Waals surface area (Å²) in [6, 6.07) is 4.15. The highest BCUT2D eigenvalue weighted by Gasteiger charge is 2.85. The van der Waals surface area contributed by atoms with E-state index in [0.29, 0.717) is 13.2 Å². The highest BCUT2D eigenvalue weighted by Crippen LogP contribution is 2.65. The van der Waals surface area contributed by atoms with Crippen LogP contribution in [-0.2, 0) is 18.9 Å². The second-order valence-corrected chi connectivity index (χ2v) is 4.77. The molecule has 0 radical (unpaired) electrons. The summed E-state index contributed by atoms with van der Waals surface area (Å²) in [5.41, 5.74) is -1.47.